The van der Waals surface area contributed by atoms with Crippen LogP contribution >= 0.6 is 0 Å². The molecule has 29 heavy (non-hydrogen) atoms. The molecule has 0 aromatic carbocycles. The van der Waals surface area contributed by atoms with Gasteiger partial charge in [0, 0.05) is 45.1 Å². The van der Waals surface area contributed by atoms with Crippen LogP contribution in [0.5, 0.6) is 0 Å². The molecular weight excluding hydrogens is 376 g/mol. The number of carbonyl (C=O) groups excluding carboxylic acids is 1. The summed E-state index contributed by atoms with van der Waals surface area (Å²) in [5, 5.41) is 3.90. The molecule has 4 heterocycles. The van der Waals surface area contributed by atoms with E-state index in [9.17, 15) is 14.4 Å². The monoisotopic (exact) mass is 400 g/mol. The molecule has 0 spiro atoms. The molecule has 0 unspecified atom stereocenters. The van der Waals surface area contributed by atoms with Crippen molar-refractivity contribution in [3.8, 4) is 0 Å². The van der Waals surface area contributed by atoms with Crippen molar-refractivity contribution in [1.29, 1.82) is 0 Å². The van der Waals surface area contributed by atoms with Crippen molar-refractivity contribution in [1.82, 2.24) is 29.2 Å². The summed E-state index contributed by atoms with van der Waals surface area (Å²) in [5.41, 5.74) is 0.215. The van der Waals surface area contributed by atoms with Gasteiger partial charge in [0.25, 0.3) is 11.5 Å². The fourth-order valence-electron chi connectivity index (χ4n) is 3.72. The predicted molar refractivity (Wildman–Crippen MR) is 105 cm³/mol. The lowest BCUT2D eigenvalue weighted by Gasteiger charge is -2.30. The standard InChI is InChI=1S/C19H24N6O4/c1-10(2)13-9-12(22-29-13)17(26)25-7-5-11(6-8-25)15-20-14-16(21-15)23(3)19(28)24(4)18(14)27/h9-11H,5-8H2,1-4H3,(H,20,21). The first-order valence-corrected chi connectivity index (χ1v) is 9.69. The van der Waals surface area contributed by atoms with E-state index in [2.05, 4.69) is 15.1 Å². The van der Waals surface area contributed by atoms with Crippen molar-refractivity contribution in [2.75, 3.05) is 13.1 Å². The average molecular weight is 400 g/mol. The van der Waals surface area contributed by atoms with Crippen LogP contribution in [0.2, 0.25) is 0 Å². The molecule has 1 fully saturated rings. The molecule has 3 aromatic rings. The number of rotatable bonds is 3. The minimum atomic E-state index is -0.408. The second-order valence-electron chi connectivity index (χ2n) is 7.86. The second kappa shape index (κ2) is 7.02. The lowest BCUT2D eigenvalue weighted by Crippen LogP contribution is -2.38. The highest BCUT2D eigenvalue weighted by Gasteiger charge is 2.29. The Morgan fingerprint density at radius 1 is 1.21 bits per heavy atom. The van der Waals surface area contributed by atoms with E-state index in [0.29, 0.717) is 54.4 Å². The van der Waals surface area contributed by atoms with Crippen molar-refractivity contribution in [3.63, 3.8) is 0 Å². The molecule has 0 saturated carbocycles. The van der Waals surface area contributed by atoms with Gasteiger partial charge in [0.2, 0.25) is 0 Å². The molecule has 1 amide bonds. The quantitative estimate of drug-likeness (QED) is 0.703. The van der Waals surface area contributed by atoms with Gasteiger partial charge in [-0.25, -0.2) is 9.78 Å². The SMILES string of the molecule is CC(C)c1cc(C(=O)N2CCC(c3nc4c([nH]3)c(=O)n(C)c(=O)n4C)CC2)no1. The van der Waals surface area contributed by atoms with Gasteiger partial charge >= 0.3 is 5.69 Å². The van der Waals surface area contributed by atoms with Crippen LogP contribution in [0.4, 0.5) is 0 Å². The van der Waals surface area contributed by atoms with E-state index < -0.39 is 5.69 Å². The summed E-state index contributed by atoms with van der Waals surface area (Å²) >= 11 is 0. The zero-order valence-corrected chi connectivity index (χ0v) is 16.9. The van der Waals surface area contributed by atoms with Crippen LogP contribution < -0.4 is 11.2 Å². The Kier molecular flexibility index (Phi) is 4.64. The third-order valence-electron chi connectivity index (χ3n) is 5.60. The first kappa shape index (κ1) is 19.2. The number of hydrogen-bond donors (Lipinski definition) is 1. The molecule has 3 aromatic heterocycles. The normalized spacial score (nSPS) is 15.6. The zero-order valence-electron chi connectivity index (χ0n) is 16.9. The van der Waals surface area contributed by atoms with Gasteiger partial charge in [-0.1, -0.05) is 19.0 Å². The maximum absolute atomic E-state index is 12.7. The smallest absolute Gasteiger partial charge is 0.332 e. The number of aromatic nitrogens is 5. The fraction of sp³-hybridized carbons (Fsp3) is 0.526. The minimum absolute atomic E-state index is 0.0785. The van der Waals surface area contributed by atoms with Crippen LogP contribution in [0, 0.1) is 0 Å². The number of carbonyl (C=O) groups is 1. The van der Waals surface area contributed by atoms with Crippen LogP contribution in [-0.2, 0) is 14.1 Å². The Morgan fingerprint density at radius 3 is 2.52 bits per heavy atom. The first-order valence-electron chi connectivity index (χ1n) is 9.69. The zero-order chi connectivity index (χ0) is 20.9. The Labute approximate surface area is 166 Å². The fourth-order valence-corrected chi connectivity index (χ4v) is 3.72. The van der Waals surface area contributed by atoms with Gasteiger partial charge in [-0.2, -0.15) is 0 Å². The number of hydrogen-bond acceptors (Lipinski definition) is 6. The Hall–Kier alpha value is -3.17. The van der Waals surface area contributed by atoms with Crippen LogP contribution in [0.25, 0.3) is 11.2 Å². The number of piperidine rings is 1. The Balaban J connectivity index is 1.52. The molecule has 1 aliphatic heterocycles. The highest BCUT2D eigenvalue weighted by Crippen LogP contribution is 2.28. The topological polar surface area (TPSA) is 119 Å². The van der Waals surface area contributed by atoms with Crippen LogP contribution in [0.15, 0.2) is 20.2 Å². The van der Waals surface area contributed by atoms with Crippen molar-refractivity contribution in [2.24, 2.45) is 14.1 Å². The highest BCUT2D eigenvalue weighted by molar-refractivity contribution is 5.92. The maximum Gasteiger partial charge on any atom is 0.332 e. The number of H-pyrrole nitrogens is 1. The number of likely N-dealkylation sites (tertiary alicyclic amines) is 1. The number of fused-ring (bicyclic) bond motifs is 1. The molecule has 10 nitrogen and oxygen atoms in total. The van der Waals surface area contributed by atoms with Gasteiger partial charge in [-0.15, -0.1) is 0 Å². The number of nitrogens with one attached hydrogen (secondary N) is 1. The van der Waals surface area contributed by atoms with Crippen molar-refractivity contribution in [2.45, 2.75) is 38.5 Å². The van der Waals surface area contributed by atoms with Crippen molar-refractivity contribution < 1.29 is 9.32 Å². The molecule has 1 N–H and O–H groups in total. The van der Waals surface area contributed by atoms with E-state index in [1.807, 2.05) is 13.8 Å². The van der Waals surface area contributed by atoms with Gasteiger partial charge in [0.1, 0.15) is 17.1 Å². The van der Waals surface area contributed by atoms with E-state index in [1.54, 1.807) is 18.0 Å². The van der Waals surface area contributed by atoms with Gasteiger partial charge in [-0.05, 0) is 12.8 Å². The van der Waals surface area contributed by atoms with E-state index >= 15 is 0 Å². The number of amides is 1. The maximum atomic E-state index is 12.7. The minimum Gasteiger partial charge on any atom is -0.360 e. The molecule has 1 aliphatic rings. The Morgan fingerprint density at radius 2 is 1.90 bits per heavy atom. The molecule has 0 radical (unpaired) electrons. The largest absolute Gasteiger partial charge is 0.360 e. The summed E-state index contributed by atoms with van der Waals surface area (Å²) in [6.07, 6.45) is 1.41. The number of imidazole rings is 1. The second-order valence-corrected chi connectivity index (χ2v) is 7.86. The number of aryl methyl sites for hydroxylation is 1. The molecular formula is C19H24N6O4. The summed E-state index contributed by atoms with van der Waals surface area (Å²) in [4.78, 5) is 46.5. The third-order valence-corrected chi connectivity index (χ3v) is 5.60. The van der Waals surface area contributed by atoms with Crippen LogP contribution in [0.3, 0.4) is 0 Å². The summed E-state index contributed by atoms with van der Waals surface area (Å²) in [5.74, 6) is 1.48. The summed E-state index contributed by atoms with van der Waals surface area (Å²) in [6.45, 7) is 5.08. The predicted octanol–water partition coefficient (Wildman–Crippen LogP) is 1.09. The summed E-state index contributed by atoms with van der Waals surface area (Å²) in [7, 11) is 3.04. The third kappa shape index (κ3) is 3.18. The Bertz CT molecular complexity index is 1190. The van der Waals surface area contributed by atoms with E-state index in [-0.39, 0.29) is 23.3 Å². The lowest BCUT2D eigenvalue weighted by atomic mass is 9.96. The van der Waals surface area contributed by atoms with Gasteiger partial charge in [0.15, 0.2) is 11.3 Å². The molecule has 0 bridgehead atoms. The summed E-state index contributed by atoms with van der Waals surface area (Å²) in [6, 6.07) is 1.70. The van der Waals surface area contributed by atoms with Crippen LogP contribution in [-0.4, -0.2) is 48.2 Å². The summed E-state index contributed by atoms with van der Waals surface area (Å²) < 4.78 is 7.66. The van der Waals surface area contributed by atoms with E-state index in [0.717, 1.165) is 4.57 Å². The van der Waals surface area contributed by atoms with Gasteiger partial charge < -0.3 is 14.4 Å². The molecule has 0 aliphatic carbocycles. The molecule has 4 rings (SSSR count). The van der Waals surface area contributed by atoms with Crippen molar-refractivity contribution >= 4 is 17.1 Å². The number of aromatic amines is 1. The van der Waals surface area contributed by atoms with E-state index in [1.165, 1.54) is 11.6 Å². The van der Waals surface area contributed by atoms with Crippen molar-refractivity contribution in [3.05, 3.63) is 44.2 Å². The molecule has 10 heteroatoms. The first-order chi connectivity index (χ1) is 13.8. The van der Waals surface area contributed by atoms with Gasteiger partial charge in [0.05, 0.1) is 0 Å². The molecule has 1 saturated heterocycles. The van der Waals surface area contributed by atoms with Gasteiger partial charge in [-0.3, -0.25) is 18.7 Å². The lowest BCUT2D eigenvalue weighted by molar-refractivity contribution is 0.0700. The van der Waals surface area contributed by atoms with E-state index in [4.69, 9.17) is 4.52 Å². The molecule has 154 valence electrons. The average Bonchev–Trinajstić information content (AvgIpc) is 3.38. The number of nitrogens with zero attached hydrogens (tertiary/aromatic N) is 5. The highest BCUT2D eigenvalue weighted by atomic mass is 16.5. The van der Waals surface area contributed by atoms with Crippen LogP contribution in [0.1, 0.15) is 60.6 Å². The molecule has 0 atom stereocenters.